The van der Waals surface area contributed by atoms with Gasteiger partial charge in [0.05, 0.1) is 17.0 Å². The van der Waals surface area contributed by atoms with E-state index in [9.17, 15) is 24.0 Å². The summed E-state index contributed by atoms with van der Waals surface area (Å²) in [4.78, 5) is 9.98. The van der Waals surface area contributed by atoms with Crippen molar-refractivity contribution in [3.8, 4) is 5.75 Å². The molecule has 5 nitrogen and oxygen atoms in total. The third-order valence-corrected chi connectivity index (χ3v) is 2.94. The van der Waals surface area contributed by atoms with Crippen molar-refractivity contribution in [1.82, 2.24) is 0 Å². The van der Waals surface area contributed by atoms with Gasteiger partial charge in [-0.05, 0) is 19.1 Å². The molecule has 21 heavy (non-hydrogen) atoms. The Balaban J connectivity index is 2.27. The molecule has 7 heteroatoms. The van der Waals surface area contributed by atoms with E-state index >= 15 is 0 Å². The maximum atomic E-state index is 13.3. The van der Waals surface area contributed by atoms with Crippen LogP contribution in [-0.4, -0.2) is 10.0 Å². The zero-order valence-electron chi connectivity index (χ0n) is 11.0. The van der Waals surface area contributed by atoms with Crippen molar-refractivity contribution < 1.29 is 18.8 Å². The van der Waals surface area contributed by atoms with Crippen LogP contribution in [0.5, 0.6) is 5.75 Å². The molecule has 2 aromatic rings. The first kappa shape index (κ1) is 14.7. The first-order chi connectivity index (χ1) is 9.86. The summed E-state index contributed by atoms with van der Waals surface area (Å²) >= 11 is 0. The highest BCUT2D eigenvalue weighted by atomic mass is 19.1. The minimum absolute atomic E-state index is 0.193. The standard InChI is InChI=1S/C14H12F2N2O3/c1-8(13-3-2-9(15)6-14(13)19)17-11-4-10(16)5-12(7-11)18(20)21/h2-8,17,19H,1H3. The van der Waals surface area contributed by atoms with Gasteiger partial charge in [0.2, 0.25) is 0 Å². The van der Waals surface area contributed by atoms with Crippen molar-refractivity contribution >= 4 is 11.4 Å². The Morgan fingerprint density at radius 2 is 1.90 bits per heavy atom. The van der Waals surface area contributed by atoms with E-state index in [2.05, 4.69) is 5.32 Å². The third-order valence-electron chi connectivity index (χ3n) is 2.94. The summed E-state index contributed by atoms with van der Waals surface area (Å²) < 4.78 is 26.3. The first-order valence-electron chi connectivity index (χ1n) is 6.07. The average Bonchev–Trinajstić information content (AvgIpc) is 2.37. The number of halogens is 2. The maximum Gasteiger partial charge on any atom is 0.274 e. The Bertz CT molecular complexity index is 692. The van der Waals surface area contributed by atoms with Crippen molar-refractivity contribution in [1.29, 1.82) is 0 Å². The molecule has 2 N–H and O–H groups in total. The van der Waals surface area contributed by atoms with Crippen LogP contribution >= 0.6 is 0 Å². The van der Waals surface area contributed by atoms with Crippen LogP contribution in [0.1, 0.15) is 18.5 Å². The van der Waals surface area contributed by atoms with E-state index in [1.54, 1.807) is 6.92 Å². The smallest absolute Gasteiger partial charge is 0.274 e. The van der Waals surface area contributed by atoms with E-state index in [4.69, 9.17) is 0 Å². The number of nitro groups is 1. The lowest BCUT2D eigenvalue weighted by molar-refractivity contribution is -0.385. The summed E-state index contributed by atoms with van der Waals surface area (Å²) in [7, 11) is 0. The van der Waals surface area contributed by atoms with Crippen LogP contribution in [-0.2, 0) is 0 Å². The number of rotatable bonds is 4. The molecule has 110 valence electrons. The van der Waals surface area contributed by atoms with Gasteiger partial charge in [-0.15, -0.1) is 0 Å². The molecular weight excluding hydrogens is 282 g/mol. The van der Waals surface area contributed by atoms with Crippen molar-refractivity contribution in [3.05, 3.63) is 63.7 Å². The van der Waals surface area contributed by atoms with Crippen LogP contribution < -0.4 is 5.32 Å². The summed E-state index contributed by atoms with van der Waals surface area (Å²) in [5.74, 6) is -1.58. The summed E-state index contributed by atoms with van der Waals surface area (Å²) in [5, 5.41) is 23.2. The summed E-state index contributed by atoms with van der Waals surface area (Å²) in [5.41, 5.74) is 0.203. The molecule has 1 unspecified atom stereocenters. The van der Waals surface area contributed by atoms with Gasteiger partial charge in [-0.1, -0.05) is 6.07 Å². The minimum Gasteiger partial charge on any atom is -0.507 e. The molecule has 0 fully saturated rings. The molecule has 0 aromatic heterocycles. The van der Waals surface area contributed by atoms with Gasteiger partial charge in [-0.3, -0.25) is 10.1 Å². The number of phenolic OH excluding ortho intramolecular Hbond substituents is 1. The fraction of sp³-hybridized carbons (Fsp3) is 0.143. The van der Waals surface area contributed by atoms with Crippen molar-refractivity contribution in [3.63, 3.8) is 0 Å². The number of phenols is 1. The SMILES string of the molecule is CC(Nc1cc(F)cc([N+](=O)[O-])c1)c1ccc(F)cc1O. The predicted molar refractivity (Wildman–Crippen MR) is 73.2 cm³/mol. The van der Waals surface area contributed by atoms with Gasteiger partial charge in [0.25, 0.3) is 5.69 Å². The van der Waals surface area contributed by atoms with Crippen LogP contribution in [0.2, 0.25) is 0 Å². The highest BCUT2D eigenvalue weighted by Crippen LogP contribution is 2.29. The second-order valence-corrected chi connectivity index (χ2v) is 4.52. The van der Waals surface area contributed by atoms with Gasteiger partial charge < -0.3 is 10.4 Å². The van der Waals surface area contributed by atoms with E-state index in [-0.39, 0.29) is 17.1 Å². The third kappa shape index (κ3) is 3.44. The number of aromatic hydroxyl groups is 1. The normalized spacial score (nSPS) is 12.0. The van der Waals surface area contributed by atoms with Gasteiger partial charge in [-0.25, -0.2) is 8.78 Å². The minimum atomic E-state index is -0.748. The number of nitrogens with one attached hydrogen (secondary N) is 1. The topological polar surface area (TPSA) is 75.4 Å². The van der Waals surface area contributed by atoms with E-state index in [1.165, 1.54) is 18.2 Å². The lowest BCUT2D eigenvalue weighted by Crippen LogP contribution is -2.07. The van der Waals surface area contributed by atoms with Crippen LogP contribution in [0.25, 0.3) is 0 Å². The van der Waals surface area contributed by atoms with E-state index in [0.717, 1.165) is 18.2 Å². The maximum absolute atomic E-state index is 13.3. The highest BCUT2D eigenvalue weighted by Gasteiger charge is 2.14. The van der Waals surface area contributed by atoms with Gasteiger partial charge in [0.15, 0.2) is 0 Å². The Morgan fingerprint density at radius 1 is 1.19 bits per heavy atom. The monoisotopic (exact) mass is 294 g/mol. The van der Waals surface area contributed by atoms with Crippen LogP contribution in [0.15, 0.2) is 36.4 Å². The fourth-order valence-electron chi connectivity index (χ4n) is 1.97. The molecule has 0 amide bonds. The Morgan fingerprint density at radius 3 is 2.52 bits per heavy atom. The number of hydrogen-bond donors (Lipinski definition) is 2. The number of hydrogen-bond acceptors (Lipinski definition) is 4. The largest absolute Gasteiger partial charge is 0.507 e. The molecule has 2 aromatic carbocycles. The molecule has 0 aliphatic rings. The van der Waals surface area contributed by atoms with Crippen molar-refractivity contribution in [2.75, 3.05) is 5.32 Å². The average molecular weight is 294 g/mol. The molecule has 0 aliphatic heterocycles. The Hall–Kier alpha value is -2.70. The lowest BCUT2D eigenvalue weighted by atomic mass is 10.1. The van der Waals surface area contributed by atoms with Crippen LogP contribution in [0, 0.1) is 21.7 Å². The quantitative estimate of drug-likeness (QED) is 0.665. The second kappa shape index (κ2) is 5.74. The number of nitrogens with zero attached hydrogens (tertiary/aromatic N) is 1. The predicted octanol–water partition coefficient (Wildman–Crippen LogP) is 3.75. The zero-order valence-corrected chi connectivity index (χ0v) is 11.0. The van der Waals surface area contributed by atoms with Crippen molar-refractivity contribution in [2.45, 2.75) is 13.0 Å². The molecule has 0 spiro atoms. The number of nitro benzene ring substituents is 1. The molecule has 0 radical (unpaired) electrons. The Kier molecular flexibility index (Phi) is 4.02. The lowest BCUT2D eigenvalue weighted by Gasteiger charge is -2.17. The number of benzene rings is 2. The van der Waals surface area contributed by atoms with Gasteiger partial charge in [-0.2, -0.15) is 0 Å². The summed E-state index contributed by atoms with van der Waals surface area (Å²) in [6, 6.07) is 6.13. The zero-order chi connectivity index (χ0) is 15.6. The molecule has 0 aliphatic carbocycles. The molecule has 0 saturated carbocycles. The van der Waals surface area contributed by atoms with E-state index < -0.39 is 22.6 Å². The molecule has 2 rings (SSSR count). The highest BCUT2D eigenvalue weighted by molar-refractivity contribution is 5.53. The van der Waals surface area contributed by atoms with E-state index in [0.29, 0.717) is 5.56 Å². The molecule has 0 bridgehead atoms. The van der Waals surface area contributed by atoms with Crippen LogP contribution in [0.4, 0.5) is 20.2 Å². The first-order valence-corrected chi connectivity index (χ1v) is 6.07. The molecule has 0 saturated heterocycles. The molecular formula is C14H12F2N2O3. The Labute approximate surface area is 119 Å². The van der Waals surface area contributed by atoms with Gasteiger partial charge in [0.1, 0.15) is 17.4 Å². The van der Waals surface area contributed by atoms with Crippen molar-refractivity contribution in [2.24, 2.45) is 0 Å². The fourth-order valence-corrected chi connectivity index (χ4v) is 1.97. The number of anilines is 1. The second-order valence-electron chi connectivity index (χ2n) is 4.52. The molecule has 1 atom stereocenters. The van der Waals surface area contributed by atoms with Gasteiger partial charge >= 0.3 is 0 Å². The van der Waals surface area contributed by atoms with Crippen LogP contribution in [0.3, 0.4) is 0 Å². The van der Waals surface area contributed by atoms with E-state index in [1.807, 2.05) is 0 Å². The number of non-ortho nitro benzene ring substituents is 1. The molecule has 0 heterocycles. The summed E-state index contributed by atoms with van der Waals surface area (Å²) in [6.45, 7) is 1.66. The summed E-state index contributed by atoms with van der Waals surface area (Å²) in [6.07, 6.45) is 0. The van der Waals surface area contributed by atoms with Gasteiger partial charge in [0, 0.05) is 23.4 Å².